The Labute approximate surface area is 139 Å². The molecule has 1 aliphatic rings. The SMILES string of the molecule is CCCNc1nc(-c2cc(Br)c(Br)s2)nc2c1CCC2. The number of rotatable bonds is 4. The summed E-state index contributed by atoms with van der Waals surface area (Å²) in [6.07, 6.45) is 4.45. The molecule has 1 aliphatic carbocycles. The molecule has 20 heavy (non-hydrogen) atoms. The van der Waals surface area contributed by atoms with Gasteiger partial charge in [-0.05, 0) is 63.6 Å². The monoisotopic (exact) mass is 415 g/mol. The number of aromatic nitrogens is 2. The fourth-order valence-corrected chi connectivity index (χ4v) is 4.36. The molecule has 1 N–H and O–H groups in total. The number of hydrogen-bond acceptors (Lipinski definition) is 4. The van der Waals surface area contributed by atoms with E-state index in [1.807, 2.05) is 0 Å². The predicted octanol–water partition coefficient (Wildman–Crippen LogP) is 5.04. The van der Waals surface area contributed by atoms with E-state index in [1.165, 1.54) is 17.7 Å². The van der Waals surface area contributed by atoms with Crippen molar-refractivity contribution in [1.29, 1.82) is 0 Å². The maximum absolute atomic E-state index is 4.76. The Morgan fingerprint density at radius 2 is 2.15 bits per heavy atom. The van der Waals surface area contributed by atoms with E-state index < -0.39 is 0 Å². The molecule has 0 amide bonds. The van der Waals surface area contributed by atoms with Crippen molar-refractivity contribution < 1.29 is 0 Å². The molecule has 3 rings (SSSR count). The van der Waals surface area contributed by atoms with Crippen LogP contribution in [0.4, 0.5) is 5.82 Å². The van der Waals surface area contributed by atoms with Crippen LogP contribution in [0, 0.1) is 0 Å². The minimum atomic E-state index is 0.834. The number of hydrogen-bond donors (Lipinski definition) is 1. The topological polar surface area (TPSA) is 37.8 Å². The fourth-order valence-electron chi connectivity index (χ4n) is 2.39. The molecule has 0 unspecified atom stereocenters. The van der Waals surface area contributed by atoms with E-state index in [0.717, 1.165) is 50.6 Å². The van der Waals surface area contributed by atoms with Crippen molar-refractivity contribution in [2.75, 3.05) is 11.9 Å². The van der Waals surface area contributed by atoms with Crippen LogP contribution in [0.5, 0.6) is 0 Å². The highest BCUT2D eigenvalue weighted by Gasteiger charge is 2.20. The van der Waals surface area contributed by atoms with Crippen LogP contribution in [0.2, 0.25) is 0 Å². The normalized spacial score (nSPS) is 13.6. The van der Waals surface area contributed by atoms with Gasteiger partial charge in [0.05, 0.1) is 8.66 Å². The van der Waals surface area contributed by atoms with Gasteiger partial charge in [0.25, 0.3) is 0 Å². The van der Waals surface area contributed by atoms with Gasteiger partial charge in [0, 0.05) is 22.3 Å². The number of anilines is 1. The number of nitrogens with zero attached hydrogens (tertiary/aromatic N) is 2. The summed E-state index contributed by atoms with van der Waals surface area (Å²) in [7, 11) is 0. The van der Waals surface area contributed by atoms with Crippen LogP contribution in [0.25, 0.3) is 10.7 Å². The van der Waals surface area contributed by atoms with Gasteiger partial charge >= 0.3 is 0 Å². The van der Waals surface area contributed by atoms with Gasteiger partial charge in [0.15, 0.2) is 5.82 Å². The van der Waals surface area contributed by atoms with Gasteiger partial charge in [-0.15, -0.1) is 11.3 Å². The number of thiophene rings is 1. The molecule has 0 atom stereocenters. The third-order valence-electron chi connectivity index (χ3n) is 3.34. The summed E-state index contributed by atoms with van der Waals surface area (Å²) < 4.78 is 2.14. The van der Waals surface area contributed by atoms with Crippen LogP contribution in [-0.4, -0.2) is 16.5 Å². The van der Waals surface area contributed by atoms with Crippen molar-refractivity contribution in [2.45, 2.75) is 32.6 Å². The number of aryl methyl sites for hydroxylation is 1. The smallest absolute Gasteiger partial charge is 0.171 e. The van der Waals surface area contributed by atoms with E-state index in [2.05, 4.69) is 50.2 Å². The molecule has 0 bridgehead atoms. The zero-order valence-corrected chi connectivity index (χ0v) is 15.2. The third-order valence-corrected chi connectivity index (χ3v) is 6.59. The van der Waals surface area contributed by atoms with Gasteiger partial charge in [-0.1, -0.05) is 6.92 Å². The second-order valence-electron chi connectivity index (χ2n) is 4.83. The van der Waals surface area contributed by atoms with Crippen LogP contribution >= 0.6 is 43.2 Å². The third kappa shape index (κ3) is 2.78. The number of fused-ring (bicyclic) bond motifs is 1. The average molecular weight is 417 g/mol. The first kappa shape index (κ1) is 14.5. The number of nitrogens with one attached hydrogen (secondary N) is 1. The highest BCUT2D eigenvalue weighted by Crippen LogP contribution is 2.38. The molecule has 0 saturated carbocycles. The zero-order chi connectivity index (χ0) is 14.1. The highest BCUT2D eigenvalue weighted by atomic mass is 79.9. The summed E-state index contributed by atoms with van der Waals surface area (Å²) in [5.41, 5.74) is 2.53. The first-order valence-corrected chi connectivity index (χ1v) is 9.18. The Morgan fingerprint density at radius 1 is 1.30 bits per heavy atom. The average Bonchev–Trinajstić information content (AvgIpc) is 3.03. The Balaban J connectivity index is 2.03. The molecule has 0 spiro atoms. The molecule has 2 heterocycles. The van der Waals surface area contributed by atoms with E-state index in [4.69, 9.17) is 9.97 Å². The molecule has 0 fully saturated rings. The van der Waals surface area contributed by atoms with E-state index in [-0.39, 0.29) is 0 Å². The van der Waals surface area contributed by atoms with Crippen molar-refractivity contribution in [2.24, 2.45) is 0 Å². The lowest BCUT2D eigenvalue weighted by molar-refractivity contribution is 0.899. The van der Waals surface area contributed by atoms with E-state index in [0.29, 0.717) is 0 Å². The van der Waals surface area contributed by atoms with Crippen LogP contribution in [-0.2, 0) is 12.8 Å². The summed E-state index contributed by atoms with van der Waals surface area (Å²) >= 11 is 8.73. The first-order valence-electron chi connectivity index (χ1n) is 6.78. The summed E-state index contributed by atoms with van der Waals surface area (Å²) in [5.74, 6) is 1.87. The van der Waals surface area contributed by atoms with Gasteiger partial charge in [-0.3, -0.25) is 0 Å². The molecular weight excluding hydrogens is 402 g/mol. The molecule has 106 valence electrons. The van der Waals surface area contributed by atoms with Crippen LogP contribution in [0.3, 0.4) is 0 Å². The lowest BCUT2D eigenvalue weighted by Gasteiger charge is -2.10. The van der Waals surface area contributed by atoms with Gasteiger partial charge in [-0.25, -0.2) is 9.97 Å². The van der Waals surface area contributed by atoms with E-state index >= 15 is 0 Å². The molecule has 0 aliphatic heterocycles. The quantitative estimate of drug-likeness (QED) is 0.758. The van der Waals surface area contributed by atoms with E-state index in [1.54, 1.807) is 11.3 Å². The van der Waals surface area contributed by atoms with Crippen LogP contribution < -0.4 is 5.32 Å². The summed E-state index contributed by atoms with van der Waals surface area (Å²) in [6.45, 7) is 3.13. The Bertz CT molecular complexity index is 620. The first-order chi connectivity index (χ1) is 9.69. The zero-order valence-electron chi connectivity index (χ0n) is 11.2. The standard InChI is InChI=1S/C14H15Br2N3S/c1-2-6-17-13-8-4-3-5-10(8)18-14(19-13)11-7-9(15)12(16)20-11/h7H,2-6H2,1H3,(H,17,18,19). The Kier molecular flexibility index (Phi) is 4.43. The van der Waals surface area contributed by atoms with Gasteiger partial charge in [0.1, 0.15) is 5.82 Å². The molecule has 3 nitrogen and oxygen atoms in total. The lowest BCUT2D eigenvalue weighted by Crippen LogP contribution is -2.07. The van der Waals surface area contributed by atoms with Gasteiger partial charge in [-0.2, -0.15) is 0 Å². The van der Waals surface area contributed by atoms with Gasteiger partial charge in [0.2, 0.25) is 0 Å². The van der Waals surface area contributed by atoms with Crippen molar-refractivity contribution in [1.82, 2.24) is 9.97 Å². The largest absolute Gasteiger partial charge is 0.370 e. The highest BCUT2D eigenvalue weighted by molar-refractivity contribution is 9.13. The molecule has 0 radical (unpaired) electrons. The van der Waals surface area contributed by atoms with Gasteiger partial charge < -0.3 is 5.32 Å². The van der Waals surface area contributed by atoms with Crippen molar-refractivity contribution in [3.05, 3.63) is 25.6 Å². The number of halogens is 2. The maximum Gasteiger partial charge on any atom is 0.171 e. The molecule has 2 aromatic rings. The van der Waals surface area contributed by atoms with Crippen molar-refractivity contribution in [3.63, 3.8) is 0 Å². The molecular formula is C14H15Br2N3S. The van der Waals surface area contributed by atoms with E-state index in [9.17, 15) is 0 Å². The van der Waals surface area contributed by atoms with Crippen LogP contribution in [0.15, 0.2) is 14.3 Å². The lowest BCUT2D eigenvalue weighted by atomic mass is 10.2. The molecule has 0 aromatic carbocycles. The van der Waals surface area contributed by atoms with Crippen molar-refractivity contribution in [3.8, 4) is 10.7 Å². The summed E-state index contributed by atoms with van der Waals surface area (Å²) in [5, 5.41) is 3.46. The second kappa shape index (κ2) is 6.12. The fraction of sp³-hybridized carbons (Fsp3) is 0.429. The minimum absolute atomic E-state index is 0.834. The molecule has 0 saturated heterocycles. The molecule has 2 aromatic heterocycles. The van der Waals surface area contributed by atoms with Crippen LogP contribution in [0.1, 0.15) is 31.0 Å². The molecule has 6 heteroatoms. The predicted molar refractivity (Wildman–Crippen MR) is 91.6 cm³/mol. The summed E-state index contributed by atoms with van der Waals surface area (Å²) in [4.78, 5) is 10.6. The maximum atomic E-state index is 4.76. The van der Waals surface area contributed by atoms with Crippen molar-refractivity contribution >= 4 is 49.0 Å². The second-order valence-corrected chi connectivity index (χ2v) is 8.06. The minimum Gasteiger partial charge on any atom is -0.370 e. The Hall–Kier alpha value is -0.460. The summed E-state index contributed by atoms with van der Waals surface area (Å²) in [6, 6.07) is 2.08. The Morgan fingerprint density at radius 3 is 2.85 bits per heavy atom.